The largest absolute Gasteiger partial charge is 0.482 e. The molecule has 0 aromatic heterocycles. The SMILES string of the molecule is C#CC(=O)C(C)Oc1cccc(Cl)c1. The lowest BCUT2D eigenvalue weighted by Gasteiger charge is -2.10. The van der Waals surface area contributed by atoms with E-state index in [1.807, 2.05) is 5.92 Å². The minimum Gasteiger partial charge on any atom is -0.482 e. The molecule has 0 radical (unpaired) electrons. The van der Waals surface area contributed by atoms with E-state index in [1.165, 1.54) is 0 Å². The molecule has 0 amide bonds. The first-order valence-electron chi connectivity index (χ1n) is 4.06. The van der Waals surface area contributed by atoms with Crippen LogP contribution in [0.15, 0.2) is 24.3 Å². The summed E-state index contributed by atoms with van der Waals surface area (Å²) < 4.78 is 5.27. The molecule has 0 saturated heterocycles. The van der Waals surface area contributed by atoms with Gasteiger partial charge in [-0.2, -0.15) is 0 Å². The highest BCUT2D eigenvalue weighted by Crippen LogP contribution is 2.18. The van der Waals surface area contributed by atoms with Gasteiger partial charge in [0.15, 0.2) is 6.10 Å². The molecule has 0 aliphatic heterocycles. The maximum absolute atomic E-state index is 11.0. The Labute approximate surface area is 87.8 Å². The van der Waals surface area contributed by atoms with E-state index in [0.29, 0.717) is 10.8 Å². The molecule has 0 spiro atoms. The number of terminal acetylenes is 1. The van der Waals surface area contributed by atoms with Gasteiger partial charge in [-0.3, -0.25) is 4.79 Å². The van der Waals surface area contributed by atoms with Crippen LogP contribution in [0.3, 0.4) is 0 Å². The second kappa shape index (κ2) is 4.69. The fourth-order valence-electron chi connectivity index (χ4n) is 0.915. The average molecular weight is 209 g/mol. The average Bonchev–Trinajstić information content (AvgIpc) is 2.16. The van der Waals surface area contributed by atoms with E-state index in [-0.39, 0.29) is 5.78 Å². The van der Waals surface area contributed by atoms with E-state index < -0.39 is 6.10 Å². The van der Waals surface area contributed by atoms with E-state index in [2.05, 4.69) is 0 Å². The van der Waals surface area contributed by atoms with Crippen LogP contribution < -0.4 is 4.74 Å². The van der Waals surface area contributed by atoms with Crippen molar-refractivity contribution in [3.63, 3.8) is 0 Å². The fraction of sp³-hybridized carbons (Fsp3) is 0.182. The molecule has 0 aliphatic rings. The van der Waals surface area contributed by atoms with Gasteiger partial charge in [-0.1, -0.05) is 17.7 Å². The molecular formula is C11H9ClO2. The predicted molar refractivity (Wildman–Crippen MR) is 55.4 cm³/mol. The van der Waals surface area contributed by atoms with Crippen LogP contribution in [-0.2, 0) is 4.79 Å². The van der Waals surface area contributed by atoms with Crippen LogP contribution in [0.4, 0.5) is 0 Å². The fourth-order valence-corrected chi connectivity index (χ4v) is 1.10. The Bertz CT molecular complexity index is 379. The number of ketones is 1. The van der Waals surface area contributed by atoms with Crippen molar-refractivity contribution in [2.45, 2.75) is 13.0 Å². The van der Waals surface area contributed by atoms with Crippen LogP contribution in [0.25, 0.3) is 0 Å². The lowest BCUT2D eigenvalue weighted by Crippen LogP contribution is -2.21. The van der Waals surface area contributed by atoms with Crippen LogP contribution in [-0.4, -0.2) is 11.9 Å². The smallest absolute Gasteiger partial charge is 0.245 e. The van der Waals surface area contributed by atoms with Crippen molar-refractivity contribution >= 4 is 17.4 Å². The van der Waals surface area contributed by atoms with Crippen molar-refractivity contribution in [1.82, 2.24) is 0 Å². The second-order valence-corrected chi connectivity index (χ2v) is 3.16. The molecule has 1 aromatic carbocycles. The van der Waals surface area contributed by atoms with E-state index in [0.717, 1.165) is 0 Å². The van der Waals surface area contributed by atoms with Gasteiger partial charge in [0.2, 0.25) is 5.78 Å². The Morgan fingerprint density at radius 3 is 2.93 bits per heavy atom. The van der Waals surface area contributed by atoms with Gasteiger partial charge in [0, 0.05) is 5.02 Å². The first-order chi connectivity index (χ1) is 6.63. The summed E-state index contributed by atoms with van der Waals surface area (Å²) in [5.41, 5.74) is 0. The van der Waals surface area contributed by atoms with Crippen molar-refractivity contribution in [2.24, 2.45) is 0 Å². The number of halogens is 1. The lowest BCUT2D eigenvalue weighted by molar-refractivity contribution is -0.119. The van der Waals surface area contributed by atoms with Crippen molar-refractivity contribution < 1.29 is 9.53 Å². The third kappa shape index (κ3) is 2.79. The first kappa shape index (κ1) is 10.6. The number of benzene rings is 1. The Morgan fingerprint density at radius 1 is 1.64 bits per heavy atom. The highest BCUT2D eigenvalue weighted by Gasteiger charge is 2.11. The Hall–Kier alpha value is -1.46. The molecule has 0 bridgehead atoms. The number of rotatable bonds is 3. The van der Waals surface area contributed by atoms with Gasteiger partial charge >= 0.3 is 0 Å². The van der Waals surface area contributed by atoms with Crippen molar-refractivity contribution in [3.05, 3.63) is 29.3 Å². The number of Topliss-reactive ketones (excluding diaryl/α,β-unsaturated/α-hetero) is 1. The number of hydrogen-bond acceptors (Lipinski definition) is 2. The number of hydrogen-bond donors (Lipinski definition) is 0. The standard InChI is InChI=1S/C11H9ClO2/c1-3-11(13)8(2)14-10-6-4-5-9(12)7-10/h1,4-8H,2H3. The molecule has 1 rings (SSSR count). The molecule has 0 N–H and O–H groups in total. The quantitative estimate of drug-likeness (QED) is 0.563. The van der Waals surface area contributed by atoms with Crippen LogP contribution in [0.5, 0.6) is 5.75 Å². The van der Waals surface area contributed by atoms with Gasteiger partial charge in [0.05, 0.1) is 0 Å². The Balaban J connectivity index is 2.70. The summed E-state index contributed by atoms with van der Waals surface area (Å²) >= 11 is 5.74. The van der Waals surface area contributed by atoms with Crippen LogP contribution in [0.1, 0.15) is 6.92 Å². The van der Waals surface area contributed by atoms with E-state index in [9.17, 15) is 4.79 Å². The molecule has 1 atom stereocenters. The normalized spacial score (nSPS) is 11.5. The molecular weight excluding hydrogens is 200 g/mol. The zero-order valence-electron chi connectivity index (χ0n) is 7.66. The van der Waals surface area contributed by atoms with Crippen LogP contribution in [0, 0.1) is 12.3 Å². The molecule has 1 unspecified atom stereocenters. The molecule has 0 aliphatic carbocycles. The highest BCUT2D eigenvalue weighted by molar-refractivity contribution is 6.30. The summed E-state index contributed by atoms with van der Waals surface area (Å²) in [5.74, 6) is 2.15. The predicted octanol–water partition coefficient (Wildman–Crippen LogP) is 2.31. The Morgan fingerprint density at radius 2 is 2.36 bits per heavy atom. The van der Waals surface area contributed by atoms with Crippen molar-refractivity contribution in [3.8, 4) is 18.1 Å². The van der Waals surface area contributed by atoms with Gasteiger partial charge in [0.1, 0.15) is 5.75 Å². The van der Waals surface area contributed by atoms with E-state index >= 15 is 0 Å². The van der Waals surface area contributed by atoms with Crippen LogP contribution in [0.2, 0.25) is 5.02 Å². The molecule has 0 heterocycles. The van der Waals surface area contributed by atoms with Crippen molar-refractivity contribution in [1.29, 1.82) is 0 Å². The molecule has 2 nitrogen and oxygen atoms in total. The monoisotopic (exact) mass is 208 g/mol. The number of ether oxygens (including phenoxy) is 1. The summed E-state index contributed by atoms with van der Waals surface area (Å²) in [5, 5.41) is 0.558. The van der Waals surface area contributed by atoms with Gasteiger partial charge in [0.25, 0.3) is 0 Å². The van der Waals surface area contributed by atoms with Gasteiger partial charge in [-0.25, -0.2) is 0 Å². The van der Waals surface area contributed by atoms with Crippen molar-refractivity contribution in [2.75, 3.05) is 0 Å². The zero-order valence-corrected chi connectivity index (χ0v) is 8.41. The third-order valence-corrected chi connectivity index (χ3v) is 1.86. The zero-order chi connectivity index (χ0) is 10.6. The lowest BCUT2D eigenvalue weighted by atomic mass is 10.2. The van der Waals surface area contributed by atoms with E-state index in [1.54, 1.807) is 31.2 Å². The second-order valence-electron chi connectivity index (χ2n) is 2.73. The molecule has 0 saturated carbocycles. The summed E-state index contributed by atoms with van der Waals surface area (Å²) in [6.45, 7) is 1.60. The summed E-state index contributed by atoms with van der Waals surface area (Å²) in [6.07, 6.45) is 4.31. The topological polar surface area (TPSA) is 26.3 Å². The maximum atomic E-state index is 11.0. The summed E-state index contributed by atoms with van der Waals surface area (Å²) in [4.78, 5) is 11.0. The maximum Gasteiger partial charge on any atom is 0.245 e. The summed E-state index contributed by atoms with van der Waals surface area (Å²) in [7, 11) is 0. The van der Waals surface area contributed by atoms with Gasteiger partial charge in [-0.15, -0.1) is 6.42 Å². The first-order valence-corrected chi connectivity index (χ1v) is 4.44. The van der Waals surface area contributed by atoms with Gasteiger partial charge in [-0.05, 0) is 31.0 Å². The highest BCUT2D eigenvalue weighted by atomic mass is 35.5. The molecule has 0 fully saturated rings. The van der Waals surface area contributed by atoms with E-state index in [4.69, 9.17) is 22.8 Å². The molecule has 72 valence electrons. The summed E-state index contributed by atoms with van der Waals surface area (Å²) in [6, 6.07) is 6.81. The number of carbonyl (C=O) groups excluding carboxylic acids is 1. The molecule has 14 heavy (non-hydrogen) atoms. The number of carbonyl (C=O) groups is 1. The Kier molecular flexibility index (Phi) is 3.55. The third-order valence-electron chi connectivity index (χ3n) is 1.62. The minimum atomic E-state index is -0.640. The van der Waals surface area contributed by atoms with Crippen LogP contribution >= 0.6 is 11.6 Å². The molecule has 3 heteroatoms. The van der Waals surface area contributed by atoms with Gasteiger partial charge < -0.3 is 4.74 Å². The minimum absolute atomic E-state index is 0.384. The molecule has 1 aromatic rings.